The van der Waals surface area contributed by atoms with E-state index in [0.29, 0.717) is 10.6 Å². The number of benzene rings is 2. The number of hydrogen-bond acceptors (Lipinski definition) is 6. The van der Waals surface area contributed by atoms with E-state index in [1.807, 2.05) is 44.2 Å². The molecule has 0 fully saturated rings. The van der Waals surface area contributed by atoms with E-state index in [9.17, 15) is 14.4 Å². The second kappa shape index (κ2) is 10.5. The Morgan fingerprint density at radius 3 is 2.46 bits per heavy atom. The van der Waals surface area contributed by atoms with Crippen LogP contribution in [-0.4, -0.2) is 36.2 Å². The number of hydrogen-bond donors (Lipinski definition) is 0. The van der Waals surface area contributed by atoms with E-state index in [1.165, 1.54) is 21.7 Å². The fraction of sp³-hybridized carbons (Fsp3) is 0.240. The van der Waals surface area contributed by atoms with Gasteiger partial charge in [-0.2, -0.15) is 0 Å². The summed E-state index contributed by atoms with van der Waals surface area (Å²) in [6.45, 7) is 3.55. The van der Waals surface area contributed by atoms with Gasteiger partial charge in [-0.15, -0.1) is 10.2 Å². The van der Waals surface area contributed by atoms with E-state index in [2.05, 4.69) is 10.2 Å². The molecule has 0 bridgehead atoms. The standard InChI is InChI=1S/C25H24ClN5O4/c1-17(2)30(15-21-27-28-24(35-21)19-10-6-7-11-20(19)26)23(33)16-31-22(32)12-13-29(25(31)34)14-18-8-4-3-5-9-18/h3-13,17H,14-16H2,1-2H3. The largest absolute Gasteiger partial charge is 0.419 e. The van der Waals surface area contributed by atoms with Crippen LogP contribution in [0.5, 0.6) is 0 Å². The van der Waals surface area contributed by atoms with Crippen LogP contribution in [0.1, 0.15) is 25.3 Å². The molecular formula is C25H24ClN5O4. The summed E-state index contributed by atoms with van der Waals surface area (Å²) in [5.74, 6) is 0.0304. The second-order valence-corrected chi connectivity index (χ2v) is 8.64. The number of aromatic nitrogens is 4. The number of amides is 1. The van der Waals surface area contributed by atoms with Crippen LogP contribution in [0, 0.1) is 0 Å². The fourth-order valence-electron chi connectivity index (χ4n) is 3.59. The van der Waals surface area contributed by atoms with Gasteiger partial charge in [0.2, 0.25) is 17.7 Å². The highest BCUT2D eigenvalue weighted by atomic mass is 35.5. The molecule has 4 aromatic rings. The maximum atomic E-state index is 13.2. The average molecular weight is 494 g/mol. The first kappa shape index (κ1) is 24.2. The van der Waals surface area contributed by atoms with Crippen molar-refractivity contribution in [1.29, 1.82) is 0 Å². The molecule has 0 aliphatic rings. The van der Waals surface area contributed by atoms with Gasteiger partial charge >= 0.3 is 5.69 Å². The van der Waals surface area contributed by atoms with Gasteiger partial charge in [0, 0.05) is 18.3 Å². The van der Waals surface area contributed by atoms with Crippen LogP contribution in [-0.2, 0) is 24.4 Å². The first-order chi connectivity index (χ1) is 16.8. The number of halogens is 1. The Hall–Kier alpha value is -3.98. The van der Waals surface area contributed by atoms with Crippen LogP contribution in [0.2, 0.25) is 5.02 Å². The molecule has 0 radical (unpaired) electrons. The zero-order valence-corrected chi connectivity index (χ0v) is 20.1. The highest BCUT2D eigenvalue weighted by molar-refractivity contribution is 6.33. The van der Waals surface area contributed by atoms with E-state index in [4.69, 9.17) is 16.0 Å². The monoisotopic (exact) mass is 493 g/mol. The lowest BCUT2D eigenvalue weighted by Crippen LogP contribution is -2.45. The van der Waals surface area contributed by atoms with Crippen molar-refractivity contribution in [3.05, 3.63) is 104 Å². The van der Waals surface area contributed by atoms with Crippen molar-refractivity contribution in [2.75, 3.05) is 0 Å². The molecule has 2 heterocycles. The molecule has 2 aromatic carbocycles. The van der Waals surface area contributed by atoms with Crippen LogP contribution in [0.3, 0.4) is 0 Å². The van der Waals surface area contributed by atoms with Crippen molar-refractivity contribution in [3.63, 3.8) is 0 Å². The molecule has 0 aliphatic heterocycles. The summed E-state index contributed by atoms with van der Waals surface area (Å²) < 4.78 is 8.06. The smallest absolute Gasteiger partial charge is 0.331 e. The molecule has 0 saturated carbocycles. The Kier molecular flexibility index (Phi) is 7.26. The van der Waals surface area contributed by atoms with Crippen molar-refractivity contribution < 1.29 is 9.21 Å². The molecule has 9 nitrogen and oxygen atoms in total. The first-order valence-corrected chi connectivity index (χ1v) is 11.4. The van der Waals surface area contributed by atoms with Crippen molar-refractivity contribution in [3.8, 4) is 11.5 Å². The summed E-state index contributed by atoms with van der Waals surface area (Å²) in [5, 5.41) is 8.54. The maximum absolute atomic E-state index is 13.2. The molecule has 4 rings (SSSR count). The zero-order chi connectivity index (χ0) is 24.9. The summed E-state index contributed by atoms with van der Waals surface area (Å²) in [4.78, 5) is 40.1. The van der Waals surface area contributed by atoms with Crippen molar-refractivity contribution in [2.24, 2.45) is 0 Å². The van der Waals surface area contributed by atoms with Crippen molar-refractivity contribution in [1.82, 2.24) is 24.2 Å². The number of rotatable bonds is 8. The molecule has 0 spiro atoms. The summed E-state index contributed by atoms with van der Waals surface area (Å²) in [6, 6.07) is 17.5. The van der Waals surface area contributed by atoms with Gasteiger partial charge < -0.3 is 9.32 Å². The Balaban J connectivity index is 1.54. The third-order valence-corrected chi connectivity index (χ3v) is 5.78. The van der Waals surface area contributed by atoms with Gasteiger partial charge in [0.05, 0.1) is 23.7 Å². The lowest BCUT2D eigenvalue weighted by atomic mass is 10.2. The van der Waals surface area contributed by atoms with E-state index in [-0.39, 0.29) is 30.9 Å². The van der Waals surface area contributed by atoms with Crippen molar-refractivity contribution in [2.45, 2.75) is 39.5 Å². The molecule has 2 aromatic heterocycles. The van der Waals surface area contributed by atoms with Crippen molar-refractivity contribution >= 4 is 17.5 Å². The summed E-state index contributed by atoms with van der Waals surface area (Å²) in [5.41, 5.74) is 0.387. The second-order valence-electron chi connectivity index (χ2n) is 8.23. The fourth-order valence-corrected chi connectivity index (χ4v) is 3.81. The molecule has 1 amide bonds. The molecule has 0 saturated heterocycles. The summed E-state index contributed by atoms with van der Waals surface area (Å²) in [7, 11) is 0. The molecule has 0 unspecified atom stereocenters. The van der Waals surface area contributed by atoms with Gasteiger partial charge in [-0.3, -0.25) is 18.7 Å². The third kappa shape index (κ3) is 5.58. The van der Waals surface area contributed by atoms with Gasteiger partial charge in [-0.25, -0.2) is 4.79 Å². The molecular weight excluding hydrogens is 470 g/mol. The van der Waals surface area contributed by atoms with Crippen LogP contribution < -0.4 is 11.2 Å². The zero-order valence-electron chi connectivity index (χ0n) is 19.3. The highest BCUT2D eigenvalue weighted by Gasteiger charge is 2.23. The van der Waals surface area contributed by atoms with E-state index in [0.717, 1.165) is 10.1 Å². The average Bonchev–Trinajstić information content (AvgIpc) is 3.31. The van der Waals surface area contributed by atoms with Gasteiger partial charge in [0.1, 0.15) is 6.54 Å². The molecule has 0 aliphatic carbocycles. The van der Waals surface area contributed by atoms with Gasteiger partial charge in [-0.05, 0) is 31.5 Å². The molecule has 0 atom stereocenters. The summed E-state index contributed by atoms with van der Waals surface area (Å²) >= 11 is 6.20. The minimum Gasteiger partial charge on any atom is -0.419 e. The van der Waals surface area contributed by atoms with Crippen LogP contribution in [0.25, 0.3) is 11.5 Å². The van der Waals surface area contributed by atoms with E-state index in [1.54, 1.807) is 24.3 Å². The van der Waals surface area contributed by atoms with Gasteiger partial charge in [0.15, 0.2) is 0 Å². The minimum absolute atomic E-state index is 0.0216. The normalized spacial score (nSPS) is 11.1. The Bertz CT molecular complexity index is 1440. The molecule has 0 N–H and O–H groups in total. The predicted molar refractivity (Wildman–Crippen MR) is 131 cm³/mol. The molecule has 10 heteroatoms. The Labute approximate surface area is 206 Å². The third-order valence-electron chi connectivity index (χ3n) is 5.45. The van der Waals surface area contributed by atoms with E-state index >= 15 is 0 Å². The van der Waals surface area contributed by atoms with Crippen LogP contribution >= 0.6 is 11.6 Å². The number of carbonyl (C=O) groups excluding carboxylic acids is 1. The lowest BCUT2D eigenvalue weighted by Gasteiger charge is -2.25. The molecule has 35 heavy (non-hydrogen) atoms. The predicted octanol–water partition coefficient (Wildman–Crippen LogP) is 3.20. The Morgan fingerprint density at radius 1 is 1.03 bits per heavy atom. The quantitative estimate of drug-likeness (QED) is 0.373. The summed E-state index contributed by atoms with van der Waals surface area (Å²) in [6.07, 6.45) is 1.44. The topological polar surface area (TPSA) is 103 Å². The Morgan fingerprint density at radius 2 is 1.74 bits per heavy atom. The molecule has 180 valence electrons. The van der Waals surface area contributed by atoms with Crippen LogP contribution in [0.4, 0.5) is 0 Å². The minimum atomic E-state index is -0.558. The number of nitrogens with zero attached hydrogens (tertiary/aromatic N) is 5. The first-order valence-electron chi connectivity index (χ1n) is 11.0. The SMILES string of the molecule is CC(C)N(Cc1nnc(-c2ccccc2Cl)o1)C(=O)Cn1c(=O)ccn(Cc2ccccc2)c1=O. The van der Waals surface area contributed by atoms with Gasteiger partial charge in [0.25, 0.3) is 5.56 Å². The highest BCUT2D eigenvalue weighted by Crippen LogP contribution is 2.26. The van der Waals surface area contributed by atoms with Gasteiger partial charge in [-0.1, -0.05) is 54.1 Å². The lowest BCUT2D eigenvalue weighted by molar-refractivity contribution is -0.134. The number of carbonyl (C=O) groups is 1. The van der Waals surface area contributed by atoms with E-state index < -0.39 is 23.7 Å². The maximum Gasteiger partial charge on any atom is 0.331 e. The van der Waals surface area contributed by atoms with Crippen LogP contribution in [0.15, 0.2) is 80.9 Å².